The third kappa shape index (κ3) is 4.48. The molecule has 0 bridgehead atoms. The van der Waals surface area contributed by atoms with Gasteiger partial charge in [0.15, 0.2) is 0 Å². The number of carbonyl (C=O) groups excluding carboxylic acids is 1. The van der Waals surface area contributed by atoms with E-state index >= 15 is 0 Å². The van der Waals surface area contributed by atoms with Crippen LogP contribution in [-0.2, 0) is 14.4 Å². The normalized spacial score (nSPS) is 18.1. The average molecular weight is 286 g/mol. The molecule has 7 heteroatoms. The standard InChI is InChI=1S/C13H22N2O5/c1-9(12(17)18)7-15(10(2)13(19)20)8-11(16)14-5-3-4-6-14/h9-10H,3-8H2,1-2H3,(H,17,18)(H,19,20). The molecule has 7 nitrogen and oxygen atoms in total. The van der Waals surface area contributed by atoms with Gasteiger partial charge in [0.2, 0.25) is 5.91 Å². The van der Waals surface area contributed by atoms with E-state index in [1.807, 2.05) is 0 Å². The minimum absolute atomic E-state index is 0.0440. The lowest BCUT2D eigenvalue weighted by Crippen LogP contribution is -2.48. The average Bonchev–Trinajstić information content (AvgIpc) is 2.90. The Hall–Kier alpha value is -1.63. The highest BCUT2D eigenvalue weighted by Crippen LogP contribution is 2.11. The van der Waals surface area contributed by atoms with Crippen LogP contribution in [0.3, 0.4) is 0 Å². The number of rotatable bonds is 7. The molecule has 1 saturated heterocycles. The van der Waals surface area contributed by atoms with Crippen molar-refractivity contribution < 1.29 is 24.6 Å². The molecular formula is C13H22N2O5. The van der Waals surface area contributed by atoms with Crippen molar-refractivity contribution in [2.24, 2.45) is 5.92 Å². The number of amides is 1. The van der Waals surface area contributed by atoms with Gasteiger partial charge in [-0.3, -0.25) is 19.3 Å². The monoisotopic (exact) mass is 286 g/mol. The Morgan fingerprint density at radius 3 is 2.10 bits per heavy atom. The summed E-state index contributed by atoms with van der Waals surface area (Å²) in [7, 11) is 0. The zero-order chi connectivity index (χ0) is 15.3. The molecule has 0 aliphatic carbocycles. The van der Waals surface area contributed by atoms with E-state index in [1.54, 1.807) is 4.90 Å². The van der Waals surface area contributed by atoms with Crippen LogP contribution in [0.5, 0.6) is 0 Å². The van der Waals surface area contributed by atoms with Crippen molar-refractivity contribution in [1.29, 1.82) is 0 Å². The summed E-state index contributed by atoms with van der Waals surface area (Å²) in [5, 5.41) is 18.0. The number of hydrogen-bond donors (Lipinski definition) is 2. The van der Waals surface area contributed by atoms with Crippen molar-refractivity contribution >= 4 is 17.8 Å². The number of carboxylic acid groups (broad SMARTS) is 2. The zero-order valence-corrected chi connectivity index (χ0v) is 11.9. The van der Waals surface area contributed by atoms with Crippen LogP contribution in [0.1, 0.15) is 26.7 Å². The molecule has 1 fully saturated rings. The van der Waals surface area contributed by atoms with Crippen LogP contribution in [0, 0.1) is 5.92 Å². The van der Waals surface area contributed by atoms with Crippen LogP contribution >= 0.6 is 0 Å². The maximum atomic E-state index is 12.1. The highest BCUT2D eigenvalue weighted by Gasteiger charge is 2.28. The molecule has 1 aliphatic rings. The molecule has 0 radical (unpaired) electrons. The second-order valence-electron chi connectivity index (χ2n) is 5.27. The summed E-state index contributed by atoms with van der Waals surface area (Å²) >= 11 is 0. The molecule has 2 unspecified atom stereocenters. The van der Waals surface area contributed by atoms with Gasteiger partial charge in [0.05, 0.1) is 12.5 Å². The summed E-state index contributed by atoms with van der Waals surface area (Å²) < 4.78 is 0. The first-order valence-electron chi connectivity index (χ1n) is 6.80. The molecule has 1 rings (SSSR count). The Kier molecular flexibility index (Phi) is 5.94. The SMILES string of the molecule is CC(CN(CC(=O)N1CCCC1)C(C)C(=O)O)C(=O)O. The molecule has 0 spiro atoms. The lowest BCUT2D eigenvalue weighted by Gasteiger charge is -2.29. The predicted molar refractivity (Wildman–Crippen MR) is 71.3 cm³/mol. The lowest BCUT2D eigenvalue weighted by atomic mass is 10.1. The molecule has 0 aromatic carbocycles. The molecular weight excluding hydrogens is 264 g/mol. The van der Waals surface area contributed by atoms with Gasteiger partial charge in [-0.05, 0) is 19.8 Å². The second-order valence-corrected chi connectivity index (χ2v) is 5.27. The highest BCUT2D eigenvalue weighted by atomic mass is 16.4. The van der Waals surface area contributed by atoms with E-state index in [0.717, 1.165) is 12.8 Å². The van der Waals surface area contributed by atoms with Crippen LogP contribution in [-0.4, -0.2) is 70.1 Å². The summed E-state index contributed by atoms with van der Waals surface area (Å²) in [4.78, 5) is 37.2. The number of hydrogen-bond acceptors (Lipinski definition) is 4. The molecule has 0 aromatic heterocycles. The minimum atomic E-state index is -1.06. The third-order valence-electron chi connectivity index (χ3n) is 3.63. The zero-order valence-electron chi connectivity index (χ0n) is 11.9. The Morgan fingerprint density at radius 1 is 1.10 bits per heavy atom. The Bertz CT molecular complexity index is 379. The van der Waals surface area contributed by atoms with E-state index in [0.29, 0.717) is 13.1 Å². The van der Waals surface area contributed by atoms with Crippen LogP contribution < -0.4 is 0 Å². The third-order valence-corrected chi connectivity index (χ3v) is 3.63. The van der Waals surface area contributed by atoms with Crippen molar-refractivity contribution in [1.82, 2.24) is 9.80 Å². The quantitative estimate of drug-likeness (QED) is 0.689. The van der Waals surface area contributed by atoms with Crippen molar-refractivity contribution in [2.75, 3.05) is 26.2 Å². The largest absolute Gasteiger partial charge is 0.481 e. The van der Waals surface area contributed by atoms with E-state index in [4.69, 9.17) is 10.2 Å². The van der Waals surface area contributed by atoms with Gasteiger partial charge < -0.3 is 15.1 Å². The molecule has 114 valence electrons. The molecule has 2 N–H and O–H groups in total. The predicted octanol–water partition coefficient (Wildman–Crippen LogP) is 0.105. The van der Waals surface area contributed by atoms with Crippen molar-refractivity contribution in [3.63, 3.8) is 0 Å². The van der Waals surface area contributed by atoms with Crippen LogP contribution in [0.4, 0.5) is 0 Å². The number of aliphatic carboxylic acids is 2. The fraction of sp³-hybridized carbons (Fsp3) is 0.769. The fourth-order valence-electron chi connectivity index (χ4n) is 2.19. The van der Waals surface area contributed by atoms with E-state index < -0.39 is 23.9 Å². The summed E-state index contributed by atoms with van der Waals surface area (Å²) in [5.41, 5.74) is 0. The van der Waals surface area contributed by atoms with Crippen molar-refractivity contribution in [3.05, 3.63) is 0 Å². The first-order valence-corrected chi connectivity index (χ1v) is 6.80. The van der Waals surface area contributed by atoms with Gasteiger partial charge in [-0.2, -0.15) is 0 Å². The number of nitrogens with zero attached hydrogens (tertiary/aromatic N) is 2. The van der Waals surface area contributed by atoms with E-state index in [9.17, 15) is 14.4 Å². The number of likely N-dealkylation sites (tertiary alicyclic amines) is 1. The summed E-state index contributed by atoms with van der Waals surface area (Å²) in [6.45, 7) is 4.36. The van der Waals surface area contributed by atoms with Gasteiger partial charge in [0.1, 0.15) is 6.04 Å². The van der Waals surface area contributed by atoms with Crippen LogP contribution in [0.15, 0.2) is 0 Å². The van der Waals surface area contributed by atoms with E-state index in [2.05, 4.69) is 0 Å². The Balaban J connectivity index is 2.68. The molecule has 0 aromatic rings. The molecule has 20 heavy (non-hydrogen) atoms. The van der Waals surface area contributed by atoms with Crippen LogP contribution in [0.25, 0.3) is 0 Å². The molecule has 2 atom stereocenters. The minimum Gasteiger partial charge on any atom is -0.481 e. The lowest BCUT2D eigenvalue weighted by molar-refractivity contribution is -0.148. The van der Waals surface area contributed by atoms with Crippen molar-refractivity contribution in [3.8, 4) is 0 Å². The van der Waals surface area contributed by atoms with Gasteiger partial charge in [0.25, 0.3) is 0 Å². The molecule has 1 aliphatic heterocycles. The van der Waals surface area contributed by atoms with E-state index in [-0.39, 0.29) is 19.0 Å². The van der Waals surface area contributed by atoms with Gasteiger partial charge >= 0.3 is 11.9 Å². The van der Waals surface area contributed by atoms with Crippen LogP contribution in [0.2, 0.25) is 0 Å². The Labute approximate surface area is 118 Å². The van der Waals surface area contributed by atoms with Crippen molar-refractivity contribution in [2.45, 2.75) is 32.7 Å². The number of carboxylic acids is 2. The fourth-order valence-corrected chi connectivity index (χ4v) is 2.19. The molecule has 1 heterocycles. The van der Waals surface area contributed by atoms with Gasteiger partial charge in [0, 0.05) is 19.6 Å². The maximum Gasteiger partial charge on any atom is 0.320 e. The maximum absolute atomic E-state index is 12.1. The van der Waals surface area contributed by atoms with E-state index in [1.165, 1.54) is 18.7 Å². The smallest absolute Gasteiger partial charge is 0.320 e. The summed E-state index contributed by atoms with van der Waals surface area (Å²) in [6, 6.07) is -0.886. The first kappa shape index (κ1) is 16.4. The molecule has 0 saturated carbocycles. The first-order chi connectivity index (χ1) is 9.32. The Morgan fingerprint density at radius 2 is 1.65 bits per heavy atom. The number of carbonyl (C=O) groups is 3. The second kappa shape index (κ2) is 7.23. The van der Waals surface area contributed by atoms with Gasteiger partial charge in [-0.25, -0.2) is 0 Å². The van der Waals surface area contributed by atoms with Gasteiger partial charge in [-0.1, -0.05) is 6.92 Å². The molecule has 1 amide bonds. The highest BCUT2D eigenvalue weighted by molar-refractivity contribution is 5.80. The summed E-state index contributed by atoms with van der Waals surface area (Å²) in [5.74, 6) is -2.91. The summed E-state index contributed by atoms with van der Waals surface area (Å²) in [6.07, 6.45) is 1.93. The topological polar surface area (TPSA) is 98.2 Å². The van der Waals surface area contributed by atoms with Gasteiger partial charge in [-0.15, -0.1) is 0 Å².